The molecule has 0 radical (unpaired) electrons. The fraction of sp³-hybridized carbons (Fsp3) is 0.625. The molecule has 3 N–H and O–H groups in total. The topological polar surface area (TPSA) is 72.2 Å². The van der Waals surface area contributed by atoms with Gasteiger partial charge in [0.1, 0.15) is 0 Å². The van der Waals surface area contributed by atoms with Gasteiger partial charge in [0.25, 0.3) is 0 Å². The number of rotatable bonds is 5. The molecule has 0 bridgehead atoms. The molecule has 1 saturated carbocycles. The van der Waals surface area contributed by atoms with Gasteiger partial charge in [-0.15, -0.1) is 0 Å². The first-order valence-electron chi connectivity index (χ1n) is 7.73. The second-order valence-electron chi connectivity index (χ2n) is 6.31. The van der Waals surface area contributed by atoms with Crippen LogP contribution in [0.5, 0.6) is 0 Å². The average molecular weight is 310 g/mol. The summed E-state index contributed by atoms with van der Waals surface area (Å²) < 4.78 is 27.8. The Balaban J connectivity index is 2.07. The van der Waals surface area contributed by atoms with Crippen LogP contribution in [0.15, 0.2) is 29.2 Å². The molecule has 1 aromatic rings. The van der Waals surface area contributed by atoms with Crippen LogP contribution in [-0.2, 0) is 16.4 Å². The lowest BCUT2D eigenvalue weighted by Gasteiger charge is -2.32. The normalized spacial score (nSPS) is 26.7. The molecule has 21 heavy (non-hydrogen) atoms. The largest absolute Gasteiger partial charge is 0.330 e. The summed E-state index contributed by atoms with van der Waals surface area (Å²) >= 11 is 0. The predicted molar refractivity (Wildman–Crippen MR) is 85.5 cm³/mol. The van der Waals surface area contributed by atoms with Gasteiger partial charge in [0.2, 0.25) is 10.0 Å². The van der Waals surface area contributed by atoms with Crippen molar-refractivity contribution in [3.8, 4) is 0 Å². The highest BCUT2D eigenvalue weighted by molar-refractivity contribution is 7.89. The van der Waals surface area contributed by atoms with E-state index in [-0.39, 0.29) is 6.04 Å². The molecule has 0 saturated heterocycles. The van der Waals surface area contributed by atoms with E-state index in [1.807, 2.05) is 12.1 Å². The summed E-state index contributed by atoms with van der Waals surface area (Å²) in [5.41, 5.74) is 6.57. The standard InChI is InChI=1S/C16H26N2O2S/c1-12-3-8-16(13(2)11-12)18-21(19,20)15-6-4-14(5-7-15)9-10-17/h4-7,12-13,16,18H,3,8-11,17H2,1-2H3. The molecule has 0 spiro atoms. The molecule has 4 nitrogen and oxygen atoms in total. The Kier molecular flexibility index (Phi) is 5.41. The van der Waals surface area contributed by atoms with E-state index in [9.17, 15) is 8.42 Å². The maximum atomic E-state index is 12.5. The van der Waals surface area contributed by atoms with E-state index in [1.165, 1.54) is 0 Å². The minimum absolute atomic E-state index is 0.0509. The minimum atomic E-state index is -3.42. The number of hydrogen-bond donors (Lipinski definition) is 2. The smallest absolute Gasteiger partial charge is 0.240 e. The first-order valence-corrected chi connectivity index (χ1v) is 9.22. The van der Waals surface area contributed by atoms with Crippen molar-refractivity contribution in [1.82, 2.24) is 4.72 Å². The summed E-state index contributed by atoms with van der Waals surface area (Å²) in [5.74, 6) is 1.08. The van der Waals surface area contributed by atoms with Crippen molar-refractivity contribution in [3.05, 3.63) is 29.8 Å². The van der Waals surface area contributed by atoms with Crippen LogP contribution < -0.4 is 10.5 Å². The quantitative estimate of drug-likeness (QED) is 0.876. The van der Waals surface area contributed by atoms with Gasteiger partial charge >= 0.3 is 0 Å². The van der Waals surface area contributed by atoms with Gasteiger partial charge in [-0.05, 0) is 61.8 Å². The van der Waals surface area contributed by atoms with Gasteiger partial charge in [0, 0.05) is 6.04 Å². The number of sulfonamides is 1. The fourth-order valence-corrected chi connectivity index (χ4v) is 4.49. The molecule has 0 heterocycles. The number of hydrogen-bond acceptors (Lipinski definition) is 3. The van der Waals surface area contributed by atoms with Crippen molar-refractivity contribution >= 4 is 10.0 Å². The van der Waals surface area contributed by atoms with Crippen LogP contribution in [0.4, 0.5) is 0 Å². The van der Waals surface area contributed by atoms with Crippen molar-refractivity contribution in [2.75, 3.05) is 6.54 Å². The van der Waals surface area contributed by atoms with Gasteiger partial charge in [-0.3, -0.25) is 0 Å². The third kappa shape index (κ3) is 4.28. The second kappa shape index (κ2) is 6.90. The SMILES string of the molecule is CC1CCC(NS(=O)(=O)c2ccc(CCN)cc2)C(C)C1. The predicted octanol–water partition coefficient (Wildman–Crippen LogP) is 2.29. The zero-order chi connectivity index (χ0) is 15.5. The first-order chi connectivity index (χ1) is 9.92. The van der Waals surface area contributed by atoms with Gasteiger partial charge in [0.15, 0.2) is 0 Å². The van der Waals surface area contributed by atoms with Crippen LogP contribution in [0.25, 0.3) is 0 Å². The molecule has 1 aliphatic carbocycles. The van der Waals surface area contributed by atoms with Crippen molar-refractivity contribution in [2.45, 2.75) is 50.5 Å². The third-order valence-corrected chi connectivity index (χ3v) is 5.91. The van der Waals surface area contributed by atoms with Crippen LogP contribution >= 0.6 is 0 Å². The van der Waals surface area contributed by atoms with E-state index in [4.69, 9.17) is 5.73 Å². The Hall–Kier alpha value is -0.910. The molecule has 0 amide bonds. The van der Waals surface area contributed by atoms with E-state index < -0.39 is 10.0 Å². The third-order valence-electron chi connectivity index (χ3n) is 4.40. The molecule has 3 unspecified atom stereocenters. The Morgan fingerprint density at radius 1 is 1.19 bits per heavy atom. The van der Waals surface area contributed by atoms with Crippen molar-refractivity contribution in [3.63, 3.8) is 0 Å². The molecular formula is C16H26N2O2S. The van der Waals surface area contributed by atoms with Gasteiger partial charge in [-0.25, -0.2) is 13.1 Å². The summed E-state index contributed by atoms with van der Waals surface area (Å²) in [4.78, 5) is 0.342. The van der Waals surface area contributed by atoms with E-state index >= 15 is 0 Å². The lowest BCUT2D eigenvalue weighted by molar-refractivity contribution is 0.249. The van der Waals surface area contributed by atoms with Crippen LogP contribution in [0, 0.1) is 11.8 Å². The molecule has 1 aromatic carbocycles. The Morgan fingerprint density at radius 2 is 1.86 bits per heavy atom. The molecule has 1 fully saturated rings. The number of nitrogens with two attached hydrogens (primary N) is 1. The van der Waals surface area contributed by atoms with Crippen LogP contribution in [0.2, 0.25) is 0 Å². The van der Waals surface area contributed by atoms with Gasteiger partial charge in [0.05, 0.1) is 4.90 Å². The van der Waals surface area contributed by atoms with Crippen molar-refractivity contribution in [2.24, 2.45) is 17.6 Å². The van der Waals surface area contributed by atoms with E-state index in [0.29, 0.717) is 23.3 Å². The molecule has 1 aliphatic rings. The highest BCUT2D eigenvalue weighted by Crippen LogP contribution is 2.29. The van der Waals surface area contributed by atoms with Gasteiger partial charge < -0.3 is 5.73 Å². The lowest BCUT2D eigenvalue weighted by atomic mass is 9.80. The fourth-order valence-electron chi connectivity index (χ4n) is 3.11. The summed E-state index contributed by atoms with van der Waals surface area (Å²) in [7, 11) is -3.42. The maximum absolute atomic E-state index is 12.5. The van der Waals surface area contributed by atoms with E-state index in [0.717, 1.165) is 31.2 Å². The lowest BCUT2D eigenvalue weighted by Crippen LogP contribution is -2.42. The zero-order valence-electron chi connectivity index (χ0n) is 12.9. The molecular weight excluding hydrogens is 284 g/mol. The highest BCUT2D eigenvalue weighted by atomic mass is 32.2. The number of nitrogens with one attached hydrogen (secondary N) is 1. The summed E-state index contributed by atoms with van der Waals surface area (Å²) in [6.07, 6.45) is 3.87. The second-order valence-corrected chi connectivity index (χ2v) is 8.02. The zero-order valence-corrected chi connectivity index (χ0v) is 13.7. The highest BCUT2D eigenvalue weighted by Gasteiger charge is 2.29. The van der Waals surface area contributed by atoms with Crippen molar-refractivity contribution < 1.29 is 8.42 Å². The molecule has 2 rings (SSSR count). The van der Waals surface area contributed by atoms with Crippen LogP contribution in [0.1, 0.15) is 38.7 Å². The molecule has 0 aromatic heterocycles. The Bertz CT molecular complexity index is 554. The molecule has 0 aliphatic heterocycles. The summed E-state index contributed by atoms with van der Waals surface area (Å²) in [6, 6.07) is 7.07. The Labute approximate surface area is 128 Å². The van der Waals surface area contributed by atoms with E-state index in [2.05, 4.69) is 18.6 Å². The van der Waals surface area contributed by atoms with Crippen LogP contribution in [-0.4, -0.2) is 21.0 Å². The molecule has 3 atom stereocenters. The monoisotopic (exact) mass is 310 g/mol. The molecule has 5 heteroatoms. The average Bonchev–Trinajstić information content (AvgIpc) is 2.43. The van der Waals surface area contributed by atoms with Crippen LogP contribution in [0.3, 0.4) is 0 Å². The first kappa shape index (κ1) is 16.5. The van der Waals surface area contributed by atoms with Crippen molar-refractivity contribution in [1.29, 1.82) is 0 Å². The van der Waals surface area contributed by atoms with E-state index in [1.54, 1.807) is 12.1 Å². The van der Waals surface area contributed by atoms with Gasteiger partial charge in [-0.2, -0.15) is 0 Å². The Morgan fingerprint density at radius 3 is 2.43 bits per heavy atom. The summed E-state index contributed by atoms with van der Waals surface area (Å²) in [5, 5.41) is 0. The van der Waals surface area contributed by atoms with Gasteiger partial charge in [-0.1, -0.05) is 26.0 Å². The molecule has 118 valence electrons. The number of benzene rings is 1. The maximum Gasteiger partial charge on any atom is 0.240 e. The summed E-state index contributed by atoms with van der Waals surface area (Å²) in [6.45, 7) is 4.94. The minimum Gasteiger partial charge on any atom is -0.330 e.